The zero-order valence-electron chi connectivity index (χ0n) is 11.5. The van der Waals surface area contributed by atoms with E-state index in [1.54, 1.807) is 7.11 Å². The Morgan fingerprint density at radius 2 is 2.05 bits per heavy atom. The van der Waals surface area contributed by atoms with Crippen LogP contribution in [0, 0.1) is 10.1 Å². The zero-order valence-corrected chi connectivity index (χ0v) is 12.3. The van der Waals surface area contributed by atoms with Crippen molar-refractivity contribution >= 4 is 23.3 Å². The van der Waals surface area contributed by atoms with Crippen LogP contribution in [-0.4, -0.2) is 44.4 Å². The number of rotatable bonds is 9. The van der Waals surface area contributed by atoms with Crippen LogP contribution in [0.4, 0.5) is 5.69 Å². The minimum atomic E-state index is -0.650. The lowest BCUT2D eigenvalue weighted by molar-refractivity contribution is -0.384. The molecule has 0 saturated heterocycles. The Labute approximate surface area is 126 Å². The fourth-order valence-electron chi connectivity index (χ4n) is 1.43. The first-order valence-corrected chi connectivity index (χ1v) is 6.61. The van der Waals surface area contributed by atoms with E-state index in [2.05, 4.69) is 0 Å². The van der Waals surface area contributed by atoms with Crippen molar-refractivity contribution in [3.63, 3.8) is 0 Å². The topological polar surface area (TPSA) is 87.9 Å². The number of nitro benzene ring substituents is 1. The third kappa shape index (κ3) is 6.07. The van der Waals surface area contributed by atoms with E-state index in [0.717, 1.165) is 6.07 Å². The van der Waals surface area contributed by atoms with E-state index in [-0.39, 0.29) is 22.9 Å². The lowest BCUT2D eigenvalue weighted by atomic mass is 10.2. The molecule has 116 valence electrons. The maximum absolute atomic E-state index is 11.7. The molecule has 0 bridgehead atoms. The smallest absolute Gasteiger partial charge is 0.338 e. The van der Waals surface area contributed by atoms with Crippen LogP contribution in [0.25, 0.3) is 0 Å². The standard InChI is InChI=1S/C13H16ClNO6/c1-19-7-8-20-5-2-6-21-13(16)10-3-4-11(14)12(9-10)15(17)18/h3-4,9H,2,5-8H2,1H3. The van der Waals surface area contributed by atoms with Gasteiger partial charge in [-0.3, -0.25) is 10.1 Å². The normalized spacial score (nSPS) is 10.4. The van der Waals surface area contributed by atoms with Crippen molar-refractivity contribution in [3.8, 4) is 0 Å². The largest absolute Gasteiger partial charge is 0.462 e. The molecular formula is C13H16ClNO6. The molecule has 0 unspecified atom stereocenters. The number of hydrogen-bond donors (Lipinski definition) is 0. The molecule has 0 saturated carbocycles. The summed E-state index contributed by atoms with van der Waals surface area (Å²) in [4.78, 5) is 21.8. The van der Waals surface area contributed by atoms with E-state index < -0.39 is 10.9 Å². The first-order valence-electron chi connectivity index (χ1n) is 6.24. The van der Waals surface area contributed by atoms with Gasteiger partial charge in [0, 0.05) is 26.2 Å². The second-order valence-electron chi connectivity index (χ2n) is 4.02. The first kappa shape index (κ1) is 17.4. The second-order valence-corrected chi connectivity index (χ2v) is 4.43. The average Bonchev–Trinajstić information content (AvgIpc) is 2.46. The minimum absolute atomic E-state index is 0.0249. The van der Waals surface area contributed by atoms with Crippen molar-refractivity contribution in [1.82, 2.24) is 0 Å². The number of nitro groups is 1. The Kier molecular flexibility index (Phi) is 7.66. The van der Waals surface area contributed by atoms with Crippen molar-refractivity contribution in [1.29, 1.82) is 0 Å². The summed E-state index contributed by atoms with van der Waals surface area (Å²) < 4.78 is 15.0. The van der Waals surface area contributed by atoms with Gasteiger partial charge in [-0.25, -0.2) is 4.79 Å². The van der Waals surface area contributed by atoms with Crippen LogP contribution >= 0.6 is 11.6 Å². The summed E-state index contributed by atoms with van der Waals surface area (Å²) in [6, 6.07) is 3.77. The Hall–Kier alpha value is -1.70. The van der Waals surface area contributed by atoms with Crippen molar-refractivity contribution in [2.24, 2.45) is 0 Å². The third-order valence-electron chi connectivity index (χ3n) is 2.48. The molecule has 1 rings (SSSR count). The van der Waals surface area contributed by atoms with Crippen LogP contribution < -0.4 is 0 Å². The molecule has 0 N–H and O–H groups in total. The number of carbonyl (C=O) groups excluding carboxylic acids is 1. The van der Waals surface area contributed by atoms with Gasteiger partial charge in [0.1, 0.15) is 5.02 Å². The Balaban J connectivity index is 2.39. The Bertz CT molecular complexity index is 494. The van der Waals surface area contributed by atoms with Gasteiger partial charge < -0.3 is 14.2 Å². The van der Waals surface area contributed by atoms with Gasteiger partial charge in [0.05, 0.1) is 30.3 Å². The van der Waals surface area contributed by atoms with Gasteiger partial charge in [-0.2, -0.15) is 0 Å². The molecule has 0 fully saturated rings. The highest BCUT2D eigenvalue weighted by atomic mass is 35.5. The summed E-state index contributed by atoms with van der Waals surface area (Å²) in [5.41, 5.74) is -0.236. The van der Waals surface area contributed by atoms with Gasteiger partial charge in [-0.05, 0) is 12.1 Å². The summed E-state index contributed by atoms with van der Waals surface area (Å²) in [5, 5.41) is 10.7. The van der Waals surface area contributed by atoms with E-state index in [0.29, 0.717) is 26.2 Å². The van der Waals surface area contributed by atoms with Gasteiger partial charge in [0.2, 0.25) is 0 Å². The van der Waals surface area contributed by atoms with E-state index >= 15 is 0 Å². The second kappa shape index (κ2) is 9.28. The Morgan fingerprint density at radius 1 is 1.29 bits per heavy atom. The van der Waals surface area contributed by atoms with Gasteiger partial charge in [0.15, 0.2) is 0 Å². The van der Waals surface area contributed by atoms with Crippen LogP contribution in [0.5, 0.6) is 0 Å². The molecule has 21 heavy (non-hydrogen) atoms. The molecular weight excluding hydrogens is 302 g/mol. The Morgan fingerprint density at radius 3 is 2.71 bits per heavy atom. The number of esters is 1. The molecule has 1 aromatic rings. The molecule has 0 amide bonds. The molecule has 0 atom stereocenters. The summed E-state index contributed by atoms with van der Waals surface area (Å²) in [7, 11) is 1.58. The highest BCUT2D eigenvalue weighted by Gasteiger charge is 2.16. The maximum Gasteiger partial charge on any atom is 0.338 e. The van der Waals surface area contributed by atoms with E-state index in [1.807, 2.05) is 0 Å². The van der Waals surface area contributed by atoms with Gasteiger partial charge in [-0.15, -0.1) is 0 Å². The quantitative estimate of drug-likeness (QED) is 0.301. The molecule has 0 aliphatic carbocycles. The fourth-order valence-corrected chi connectivity index (χ4v) is 1.62. The van der Waals surface area contributed by atoms with E-state index in [4.69, 9.17) is 25.8 Å². The number of benzene rings is 1. The van der Waals surface area contributed by atoms with Crippen LogP contribution in [0.2, 0.25) is 5.02 Å². The molecule has 8 heteroatoms. The van der Waals surface area contributed by atoms with Crippen LogP contribution in [-0.2, 0) is 14.2 Å². The lowest BCUT2D eigenvalue weighted by Gasteiger charge is -2.06. The molecule has 0 aliphatic rings. The average molecular weight is 318 g/mol. The summed E-state index contributed by atoms with van der Waals surface area (Å²) in [6.45, 7) is 1.60. The van der Waals surface area contributed by atoms with Crippen LogP contribution in [0.1, 0.15) is 16.8 Å². The third-order valence-corrected chi connectivity index (χ3v) is 2.80. The van der Waals surface area contributed by atoms with E-state index in [1.165, 1.54) is 12.1 Å². The van der Waals surface area contributed by atoms with Crippen LogP contribution in [0.3, 0.4) is 0 Å². The number of halogens is 1. The molecule has 0 aromatic heterocycles. The van der Waals surface area contributed by atoms with Crippen LogP contribution in [0.15, 0.2) is 18.2 Å². The molecule has 0 heterocycles. The zero-order chi connectivity index (χ0) is 15.7. The predicted octanol–water partition coefficient (Wildman–Crippen LogP) is 2.46. The number of ether oxygens (including phenoxy) is 3. The molecule has 1 aromatic carbocycles. The first-order chi connectivity index (χ1) is 10.1. The number of hydrogen-bond acceptors (Lipinski definition) is 6. The number of carbonyl (C=O) groups is 1. The SMILES string of the molecule is COCCOCCCOC(=O)c1ccc(Cl)c([N+](=O)[O-])c1. The van der Waals surface area contributed by atoms with Crippen molar-refractivity contribution in [2.45, 2.75) is 6.42 Å². The van der Waals surface area contributed by atoms with Gasteiger partial charge in [-0.1, -0.05) is 11.6 Å². The minimum Gasteiger partial charge on any atom is -0.462 e. The number of methoxy groups -OCH3 is 1. The highest BCUT2D eigenvalue weighted by Crippen LogP contribution is 2.25. The van der Waals surface area contributed by atoms with Gasteiger partial charge >= 0.3 is 5.97 Å². The number of nitrogens with zero attached hydrogens (tertiary/aromatic N) is 1. The lowest BCUT2D eigenvalue weighted by Crippen LogP contribution is -2.10. The molecule has 7 nitrogen and oxygen atoms in total. The van der Waals surface area contributed by atoms with Gasteiger partial charge in [0.25, 0.3) is 5.69 Å². The maximum atomic E-state index is 11.7. The summed E-state index contributed by atoms with van der Waals surface area (Å²) >= 11 is 5.66. The fraction of sp³-hybridized carbons (Fsp3) is 0.462. The summed E-state index contributed by atoms with van der Waals surface area (Å²) in [6.07, 6.45) is 0.533. The summed E-state index contributed by atoms with van der Waals surface area (Å²) in [5.74, 6) is -0.633. The van der Waals surface area contributed by atoms with Crippen molar-refractivity contribution < 1.29 is 23.9 Å². The molecule has 0 aliphatic heterocycles. The monoisotopic (exact) mass is 317 g/mol. The highest BCUT2D eigenvalue weighted by molar-refractivity contribution is 6.32. The van der Waals surface area contributed by atoms with Crippen molar-refractivity contribution in [2.75, 3.05) is 33.5 Å². The van der Waals surface area contributed by atoms with Crippen molar-refractivity contribution in [3.05, 3.63) is 38.9 Å². The predicted molar refractivity (Wildman–Crippen MR) is 75.7 cm³/mol. The molecule has 0 radical (unpaired) electrons. The van der Waals surface area contributed by atoms with E-state index in [9.17, 15) is 14.9 Å². The molecule has 0 spiro atoms.